The predicted octanol–water partition coefficient (Wildman–Crippen LogP) is 1.13. The van der Waals surface area contributed by atoms with Gasteiger partial charge in [0, 0.05) is 12.1 Å². The molecular weight excluding hydrogens is 234 g/mol. The van der Waals surface area contributed by atoms with Gasteiger partial charge in [-0.1, -0.05) is 0 Å². The van der Waals surface area contributed by atoms with E-state index in [9.17, 15) is 9.59 Å². The van der Waals surface area contributed by atoms with Gasteiger partial charge in [-0.3, -0.25) is 9.59 Å². The monoisotopic (exact) mass is 251 g/mol. The number of nitrogens with zero attached hydrogens (tertiary/aromatic N) is 1. The van der Waals surface area contributed by atoms with E-state index in [0.29, 0.717) is 24.5 Å². The van der Waals surface area contributed by atoms with Crippen molar-refractivity contribution >= 4 is 11.8 Å². The Bertz CT molecular complexity index is 490. The highest BCUT2D eigenvalue weighted by molar-refractivity contribution is 5.70. The van der Waals surface area contributed by atoms with Gasteiger partial charge in [-0.2, -0.15) is 0 Å². The van der Waals surface area contributed by atoms with Crippen LogP contribution < -0.4 is 10.9 Å². The molecule has 1 saturated carbocycles. The molecule has 0 amide bonds. The number of aliphatic carboxylic acids is 1. The zero-order valence-corrected chi connectivity index (χ0v) is 10.3. The number of hydrogen-bond donors (Lipinski definition) is 3. The topological polar surface area (TPSA) is 95.1 Å². The number of aromatic amines is 1. The third-order valence-electron chi connectivity index (χ3n) is 3.29. The molecule has 18 heavy (non-hydrogen) atoms. The summed E-state index contributed by atoms with van der Waals surface area (Å²) >= 11 is 0. The molecule has 1 fully saturated rings. The molecule has 98 valence electrons. The molecule has 0 radical (unpaired) electrons. The van der Waals surface area contributed by atoms with Crippen molar-refractivity contribution in [2.45, 2.75) is 38.6 Å². The van der Waals surface area contributed by atoms with Gasteiger partial charge in [0.25, 0.3) is 5.56 Å². The van der Waals surface area contributed by atoms with Crippen LogP contribution in [0.15, 0.2) is 10.9 Å². The van der Waals surface area contributed by atoms with E-state index in [1.165, 1.54) is 6.07 Å². The highest BCUT2D eigenvalue weighted by atomic mass is 16.4. The third kappa shape index (κ3) is 3.09. The number of rotatable bonds is 3. The summed E-state index contributed by atoms with van der Waals surface area (Å²) in [6.45, 7) is 1.73. The number of carboxylic acid groups (broad SMARTS) is 1. The van der Waals surface area contributed by atoms with Gasteiger partial charge in [0.2, 0.25) is 0 Å². The van der Waals surface area contributed by atoms with Crippen LogP contribution in [-0.2, 0) is 4.79 Å². The summed E-state index contributed by atoms with van der Waals surface area (Å²) in [6, 6.07) is 1.63. The molecule has 6 heteroatoms. The SMILES string of the molecule is Cc1nc(NC2CCC(C(=O)O)CC2)cc(=O)[nH]1. The number of carboxylic acids is 1. The van der Waals surface area contributed by atoms with Crippen LogP contribution in [0.3, 0.4) is 0 Å². The van der Waals surface area contributed by atoms with Crippen LogP contribution in [-0.4, -0.2) is 27.1 Å². The minimum Gasteiger partial charge on any atom is -0.481 e. The predicted molar refractivity (Wildman–Crippen MR) is 66.6 cm³/mol. The minimum absolute atomic E-state index is 0.177. The van der Waals surface area contributed by atoms with Gasteiger partial charge in [-0.25, -0.2) is 4.98 Å². The third-order valence-corrected chi connectivity index (χ3v) is 3.29. The molecule has 0 atom stereocenters. The molecule has 1 aromatic heterocycles. The summed E-state index contributed by atoms with van der Waals surface area (Å²) in [6.07, 6.45) is 2.94. The summed E-state index contributed by atoms with van der Waals surface area (Å²) in [5.74, 6) is 0.203. The Morgan fingerprint density at radius 2 is 2.11 bits per heavy atom. The number of aromatic nitrogens is 2. The first kappa shape index (κ1) is 12.6. The van der Waals surface area contributed by atoms with Gasteiger partial charge in [-0.05, 0) is 32.6 Å². The van der Waals surface area contributed by atoms with Crippen LogP contribution in [0.1, 0.15) is 31.5 Å². The Hall–Kier alpha value is -1.85. The normalized spacial score (nSPS) is 23.6. The number of hydrogen-bond acceptors (Lipinski definition) is 4. The summed E-state index contributed by atoms with van der Waals surface area (Å²) in [5, 5.41) is 12.1. The zero-order valence-electron chi connectivity index (χ0n) is 10.3. The number of nitrogens with one attached hydrogen (secondary N) is 2. The molecule has 1 aliphatic carbocycles. The molecule has 0 aliphatic heterocycles. The smallest absolute Gasteiger partial charge is 0.306 e. The molecule has 3 N–H and O–H groups in total. The lowest BCUT2D eigenvalue weighted by atomic mass is 9.86. The highest BCUT2D eigenvalue weighted by Crippen LogP contribution is 2.26. The van der Waals surface area contributed by atoms with Crippen molar-refractivity contribution in [3.8, 4) is 0 Å². The number of aryl methyl sites for hydroxylation is 1. The maximum absolute atomic E-state index is 11.3. The Morgan fingerprint density at radius 3 is 2.67 bits per heavy atom. The van der Waals surface area contributed by atoms with Gasteiger partial charge in [0.05, 0.1) is 5.92 Å². The molecule has 1 aliphatic rings. The van der Waals surface area contributed by atoms with Gasteiger partial charge in [-0.15, -0.1) is 0 Å². The van der Waals surface area contributed by atoms with Gasteiger partial charge < -0.3 is 15.4 Å². The molecule has 0 spiro atoms. The number of anilines is 1. The lowest BCUT2D eigenvalue weighted by Crippen LogP contribution is -2.30. The largest absolute Gasteiger partial charge is 0.481 e. The van der Waals surface area contributed by atoms with Crippen LogP contribution in [0.4, 0.5) is 5.82 Å². The fourth-order valence-corrected chi connectivity index (χ4v) is 2.35. The van der Waals surface area contributed by atoms with Crippen LogP contribution in [0, 0.1) is 12.8 Å². The first-order chi connectivity index (χ1) is 8.54. The summed E-state index contributed by atoms with van der Waals surface area (Å²) < 4.78 is 0. The molecule has 0 unspecified atom stereocenters. The van der Waals surface area contributed by atoms with Gasteiger partial charge in [0.15, 0.2) is 0 Å². The average Bonchev–Trinajstić information content (AvgIpc) is 2.28. The van der Waals surface area contributed by atoms with Crippen molar-refractivity contribution in [2.75, 3.05) is 5.32 Å². The first-order valence-corrected chi connectivity index (χ1v) is 6.12. The Balaban J connectivity index is 1.95. The van der Waals surface area contributed by atoms with E-state index >= 15 is 0 Å². The standard InChI is InChI=1S/C12H17N3O3/c1-7-13-10(6-11(16)14-7)15-9-4-2-8(3-5-9)12(17)18/h6,8-9H,2-5H2,1H3,(H,17,18)(H2,13,14,15,16). The maximum Gasteiger partial charge on any atom is 0.306 e. The average molecular weight is 251 g/mol. The van der Waals surface area contributed by atoms with Crippen molar-refractivity contribution in [3.63, 3.8) is 0 Å². The molecule has 2 rings (SSSR count). The number of carbonyl (C=O) groups is 1. The molecule has 6 nitrogen and oxygen atoms in total. The first-order valence-electron chi connectivity index (χ1n) is 6.12. The fourth-order valence-electron chi connectivity index (χ4n) is 2.35. The molecule has 1 heterocycles. The maximum atomic E-state index is 11.3. The van der Waals surface area contributed by atoms with E-state index < -0.39 is 5.97 Å². The van der Waals surface area contributed by atoms with Crippen molar-refractivity contribution in [1.29, 1.82) is 0 Å². The zero-order chi connectivity index (χ0) is 13.1. The number of H-pyrrole nitrogens is 1. The summed E-state index contributed by atoms with van der Waals surface area (Å²) in [4.78, 5) is 28.9. The van der Waals surface area contributed by atoms with Gasteiger partial charge >= 0.3 is 5.97 Å². The lowest BCUT2D eigenvalue weighted by molar-refractivity contribution is -0.142. The van der Waals surface area contributed by atoms with Crippen molar-refractivity contribution in [1.82, 2.24) is 9.97 Å². The molecule has 0 aromatic carbocycles. The van der Waals surface area contributed by atoms with E-state index in [4.69, 9.17) is 5.11 Å². The van der Waals surface area contributed by atoms with Crippen LogP contribution in [0.25, 0.3) is 0 Å². The Kier molecular flexibility index (Phi) is 3.64. The molecule has 0 bridgehead atoms. The van der Waals surface area contributed by atoms with E-state index in [0.717, 1.165) is 12.8 Å². The van der Waals surface area contributed by atoms with Crippen molar-refractivity contribution < 1.29 is 9.90 Å². The lowest BCUT2D eigenvalue weighted by Gasteiger charge is -2.27. The van der Waals surface area contributed by atoms with E-state index in [1.807, 2.05) is 0 Å². The summed E-state index contributed by atoms with van der Waals surface area (Å²) in [5.41, 5.74) is -0.177. The van der Waals surface area contributed by atoms with Crippen molar-refractivity contribution in [3.05, 3.63) is 22.2 Å². The molecular formula is C12H17N3O3. The minimum atomic E-state index is -0.710. The second-order valence-corrected chi connectivity index (χ2v) is 4.75. The quantitative estimate of drug-likeness (QED) is 0.748. The Labute approximate surface area is 104 Å². The second-order valence-electron chi connectivity index (χ2n) is 4.75. The van der Waals surface area contributed by atoms with Gasteiger partial charge in [0.1, 0.15) is 11.6 Å². The highest BCUT2D eigenvalue weighted by Gasteiger charge is 2.25. The molecule has 1 aromatic rings. The fraction of sp³-hybridized carbons (Fsp3) is 0.583. The Morgan fingerprint density at radius 1 is 1.44 bits per heavy atom. The van der Waals surface area contributed by atoms with E-state index in [1.54, 1.807) is 6.92 Å². The van der Waals surface area contributed by atoms with Crippen molar-refractivity contribution in [2.24, 2.45) is 5.92 Å². The van der Waals surface area contributed by atoms with Crippen LogP contribution in [0.5, 0.6) is 0 Å². The van der Waals surface area contributed by atoms with E-state index in [2.05, 4.69) is 15.3 Å². The molecule has 0 saturated heterocycles. The van der Waals surface area contributed by atoms with E-state index in [-0.39, 0.29) is 17.5 Å². The summed E-state index contributed by atoms with van der Waals surface area (Å²) in [7, 11) is 0. The second kappa shape index (κ2) is 5.20. The van der Waals surface area contributed by atoms with Crippen LogP contribution in [0.2, 0.25) is 0 Å². The van der Waals surface area contributed by atoms with Crippen LogP contribution >= 0.6 is 0 Å².